The molecule has 0 amide bonds. The Morgan fingerprint density at radius 2 is 0.652 bits per heavy atom. The van der Waals surface area contributed by atoms with E-state index in [1.807, 2.05) is 0 Å². The van der Waals surface area contributed by atoms with Crippen LogP contribution in [0.2, 0.25) is 0 Å². The average molecular weight is 878 g/mol. The molecule has 0 radical (unpaired) electrons. The van der Waals surface area contributed by atoms with E-state index in [1.54, 1.807) is 0 Å². The summed E-state index contributed by atoms with van der Waals surface area (Å²) in [6.45, 7) is 0. The van der Waals surface area contributed by atoms with Crippen LogP contribution >= 0.6 is 0 Å². The zero-order valence-corrected chi connectivity index (χ0v) is 37.8. The number of nitrogens with zero attached hydrogens (tertiary/aromatic N) is 3. The first kappa shape index (κ1) is 39.4. The van der Waals surface area contributed by atoms with E-state index in [1.165, 1.54) is 89.0 Å². The van der Waals surface area contributed by atoms with Gasteiger partial charge in [-0.1, -0.05) is 218 Å². The second-order valence-corrected chi connectivity index (χ2v) is 18.6. The number of hydrogen-bond acceptors (Lipinski definition) is 3. The maximum absolute atomic E-state index is 5.41. The molecule has 3 aliphatic rings. The summed E-state index contributed by atoms with van der Waals surface area (Å²) in [5, 5.41) is 0. The van der Waals surface area contributed by atoms with Gasteiger partial charge in [-0.15, -0.1) is 0 Å². The molecule has 322 valence electrons. The van der Waals surface area contributed by atoms with Crippen molar-refractivity contribution in [1.82, 2.24) is 15.0 Å². The minimum atomic E-state index is -0.500. The molecule has 0 saturated carbocycles. The van der Waals surface area contributed by atoms with Crippen LogP contribution in [0.3, 0.4) is 0 Å². The van der Waals surface area contributed by atoms with Gasteiger partial charge in [-0.3, -0.25) is 0 Å². The molecule has 69 heavy (non-hydrogen) atoms. The summed E-state index contributed by atoms with van der Waals surface area (Å²) in [5.74, 6) is 1.90. The number of fused-ring (bicyclic) bond motifs is 9. The fourth-order valence-electron chi connectivity index (χ4n) is 11.9. The lowest BCUT2D eigenvalue weighted by atomic mass is 9.67. The van der Waals surface area contributed by atoms with Crippen molar-refractivity contribution in [3.8, 4) is 89.8 Å². The van der Waals surface area contributed by atoms with Crippen LogP contribution in [0.1, 0.15) is 44.5 Å². The van der Waals surface area contributed by atoms with Gasteiger partial charge in [-0.25, -0.2) is 15.0 Å². The molecule has 14 rings (SSSR count). The van der Waals surface area contributed by atoms with Crippen LogP contribution in [-0.4, -0.2) is 15.0 Å². The van der Waals surface area contributed by atoms with Gasteiger partial charge in [0.2, 0.25) is 0 Å². The molecule has 3 heteroatoms. The Hall–Kier alpha value is -8.79. The molecule has 0 unspecified atom stereocenters. The Balaban J connectivity index is 0.956. The first-order valence-electron chi connectivity index (χ1n) is 23.9. The van der Waals surface area contributed by atoms with Gasteiger partial charge in [0.05, 0.1) is 5.41 Å². The molecule has 0 N–H and O–H groups in total. The van der Waals surface area contributed by atoms with E-state index >= 15 is 0 Å². The number of benzene rings is 10. The van der Waals surface area contributed by atoms with E-state index < -0.39 is 5.41 Å². The highest BCUT2D eigenvalue weighted by Crippen LogP contribution is 2.56. The average Bonchev–Trinajstić information content (AvgIpc) is 4.10. The van der Waals surface area contributed by atoms with Gasteiger partial charge in [0.15, 0.2) is 17.5 Å². The third kappa shape index (κ3) is 6.17. The molecule has 3 nitrogen and oxygen atoms in total. The van der Waals surface area contributed by atoms with Crippen molar-refractivity contribution in [3.63, 3.8) is 0 Å². The summed E-state index contributed by atoms with van der Waals surface area (Å²) in [6.07, 6.45) is 1.89. The summed E-state index contributed by atoms with van der Waals surface area (Å²) in [4.78, 5) is 16.2. The summed E-state index contributed by atoms with van der Waals surface area (Å²) in [7, 11) is 0. The SMILES string of the molecule is c1ccc(C2(c3ccccc3)c3ccccc3-c3cc(-c4nc(-c5cccc(-c6cccc7c6-c6ccccc6C7)c5)nc(-c5cccc(-c6cccc7c6-c6ccccc6C7)c5)n4)ccc32)cc1. The first-order chi connectivity index (χ1) is 34.2. The first-order valence-corrected chi connectivity index (χ1v) is 23.9. The fourth-order valence-corrected chi connectivity index (χ4v) is 11.9. The minimum Gasteiger partial charge on any atom is -0.208 e. The number of hydrogen-bond donors (Lipinski definition) is 0. The molecule has 0 atom stereocenters. The Labute approximate surface area is 402 Å². The molecule has 0 spiro atoms. The maximum Gasteiger partial charge on any atom is 0.164 e. The number of aromatic nitrogens is 3. The van der Waals surface area contributed by atoms with Crippen LogP contribution in [0, 0.1) is 0 Å². The monoisotopic (exact) mass is 877 g/mol. The van der Waals surface area contributed by atoms with E-state index in [0.29, 0.717) is 17.5 Å². The molecule has 3 aliphatic carbocycles. The lowest BCUT2D eigenvalue weighted by Crippen LogP contribution is -2.28. The Morgan fingerprint density at radius 1 is 0.261 bits per heavy atom. The standard InChI is InChI=1S/C66H43N3/c1-3-25-51(26-4-1)66(52-27-5-2-6-28-52)59-34-12-11-31-57(59)58-41-50(35-36-60(58)66)65-68-63(48-23-13-19-44(39-48)55-32-15-21-46-37-42-17-7-9-29-53(42)61(46)55)67-64(69-65)49-24-14-20-45(40-49)56-33-16-22-47-38-43-18-8-10-30-54(43)62(47)56/h1-36,39-41H,37-38H2. The lowest BCUT2D eigenvalue weighted by molar-refractivity contribution is 0.768. The van der Waals surface area contributed by atoms with Gasteiger partial charge in [-0.05, 0) is 131 Å². The normalized spacial score (nSPS) is 13.2. The summed E-state index contributed by atoms with van der Waals surface area (Å²) in [5.41, 5.74) is 25.1. The van der Waals surface area contributed by atoms with Gasteiger partial charge < -0.3 is 0 Å². The van der Waals surface area contributed by atoms with Crippen molar-refractivity contribution in [1.29, 1.82) is 0 Å². The van der Waals surface area contributed by atoms with Crippen molar-refractivity contribution < 1.29 is 0 Å². The summed E-state index contributed by atoms with van der Waals surface area (Å²) >= 11 is 0. The van der Waals surface area contributed by atoms with Crippen LogP contribution in [-0.2, 0) is 18.3 Å². The van der Waals surface area contributed by atoms with Crippen LogP contribution in [0.5, 0.6) is 0 Å². The van der Waals surface area contributed by atoms with Crippen LogP contribution in [0.4, 0.5) is 0 Å². The third-order valence-electron chi connectivity index (χ3n) is 14.9. The van der Waals surface area contributed by atoms with Crippen LogP contribution < -0.4 is 0 Å². The predicted octanol–water partition coefficient (Wildman–Crippen LogP) is 15.7. The number of rotatable bonds is 7. The fraction of sp³-hybridized carbons (Fsp3) is 0.0455. The molecule has 1 aromatic heterocycles. The topological polar surface area (TPSA) is 38.7 Å². The van der Waals surface area contributed by atoms with Crippen LogP contribution in [0.25, 0.3) is 89.8 Å². The van der Waals surface area contributed by atoms with E-state index in [0.717, 1.165) is 40.7 Å². The Morgan fingerprint density at radius 3 is 1.19 bits per heavy atom. The largest absolute Gasteiger partial charge is 0.208 e. The minimum absolute atomic E-state index is 0.500. The Bertz CT molecular complexity index is 3650. The molecule has 0 bridgehead atoms. The van der Waals surface area contributed by atoms with Gasteiger partial charge in [0.1, 0.15) is 0 Å². The second-order valence-electron chi connectivity index (χ2n) is 18.6. The van der Waals surface area contributed by atoms with E-state index in [9.17, 15) is 0 Å². The summed E-state index contributed by atoms with van der Waals surface area (Å²) < 4.78 is 0. The van der Waals surface area contributed by atoms with Crippen molar-refractivity contribution in [2.24, 2.45) is 0 Å². The highest BCUT2D eigenvalue weighted by atomic mass is 15.0. The lowest BCUT2D eigenvalue weighted by Gasteiger charge is -2.33. The zero-order chi connectivity index (χ0) is 45.5. The maximum atomic E-state index is 5.41. The predicted molar refractivity (Wildman–Crippen MR) is 281 cm³/mol. The molecule has 0 fully saturated rings. The van der Waals surface area contributed by atoms with E-state index in [-0.39, 0.29) is 0 Å². The quantitative estimate of drug-likeness (QED) is 0.160. The van der Waals surface area contributed by atoms with Gasteiger partial charge in [-0.2, -0.15) is 0 Å². The molecular formula is C66H43N3. The van der Waals surface area contributed by atoms with Gasteiger partial charge in [0, 0.05) is 16.7 Å². The highest BCUT2D eigenvalue weighted by Gasteiger charge is 2.46. The van der Waals surface area contributed by atoms with Crippen molar-refractivity contribution in [2.45, 2.75) is 18.3 Å². The van der Waals surface area contributed by atoms with Gasteiger partial charge >= 0.3 is 0 Å². The van der Waals surface area contributed by atoms with Crippen molar-refractivity contribution >= 4 is 0 Å². The van der Waals surface area contributed by atoms with E-state index in [4.69, 9.17) is 15.0 Å². The smallest absolute Gasteiger partial charge is 0.164 e. The van der Waals surface area contributed by atoms with E-state index in [2.05, 4.69) is 237 Å². The molecule has 0 aliphatic heterocycles. The van der Waals surface area contributed by atoms with Crippen LogP contribution in [0.15, 0.2) is 237 Å². The second kappa shape index (κ2) is 15.7. The van der Waals surface area contributed by atoms with Gasteiger partial charge in [0.25, 0.3) is 0 Å². The summed E-state index contributed by atoms with van der Waals surface area (Å²) in [6, 6.07) is 86.2. The molecule has 1 heterocycles. The molecular weight excluding hydrogens is 835 g/mol. The van der Waals surface area contributed by atoms with Crippen molar-refractivity contribution in [2.75, 3.05) is 0 Å². The zero-order valence-electron chi connectivity index (χ0n) is 37.8. The van der Waals surface area contributed by atoms with Crippen molar-refractivity contribution in [3.05, 3.63) is 281 Å². The molecule has 0 saturated heterocycles. The molecule has 11 aromatic rings. The molecule has 10 aromatic carbocycles. The Kier molecular flexibility index (Phi) is 8.93. The highest BCUT2D eigenvalue weighted by molar-refractivity contribution is 5.93. The third-order valence-corrected chi connectivity index (χ3v) is 14.9.